The van der Waals surface area contributed by atoms with Crippen LogP contribution in [0.2, 0.25) is 5.02 Å². The van der Waals surface area contributed by atoms with Gasteiger partial charge < -0.3 is 19.5 Å². The summed E-state index contributed by atoms with van der Waals surface area (Å²) in [5, 5.41) is 2.15. The van der Waals surface area contributed by atoms with E-state index < -0.39 is 29.7 Å². The lowest BCUT2D eigenvalue weighted by Crippen LogP contribution is -2.30. The number of anilines is 1. The maximum atomic E-state index is 12.8. The first-order chi connectivity index (χ1) is 13.6. The van der Waals surface area contributed by atoms with Crippen LogP contribution in [0.15, 0.2) is 36.4 Å². The van der Waals surface area contributed by atoms with Crippen LogP contribution in [-0.2, 0) is 15.7 Å². The van der Waals surface area contributed by atoms with Crippen LogP contribution in [0.25, 0.3) is 0 Å². The van der Waals surface area contributed by atoms with E-state index in [-0.39, 0.29) is 16.3 Å². The molecular formula is C19H15ClF3NO5. The van der Waals surface area contributed by atoms with Gasteiger partial charge in [-0.05, 0) is 43.3 Å². The molecule has 0 unspecified atom stereocenters. The van der Waals surface area contributed by atoms with Gasteiger partial charge in [0.05, 0.1) is 21.8 Å². The number of hydrogen-bond donors (Lipinski definition) is 1. The summed E-state index contributed by atoms with van der Waals surface area (Å²) in [5.74, 6) is -0.784. The van der Waals surface area contributed by atoms with Gasteiger partial charge in [-0.15, -0.1) is 0 Å². The van der Waals surface area contributed by atoms with Crippen molar-refractivity contribution in [2.24, 2.45) is 0 Å². The number of ether oxygens (including phenoxy) is 3. The molecule has 154 valence electrons. The van der Waals surface area contributed by atoms with Crippen LogP contribution in [0, 0.1) is 0 Å². The summed E-state index contributed by atoms with van der Waals surface area (Å²) in [6, 6.07) is 6.93. The number of fused-ring (bicyclic) bond motifs is 1. The lowest BCUT2D eigenvalue weighted by molar-refractivity contribution is -0.137. The molecule has 10 heteroatoms. The van der Waals surface area contributed by atoms with Gasteiger partial charge in [-0.25, -0.2) is 4.79 Å². The number of rotatable bonds is 4. The first-order valence-electron chi connectivity index (χ1n) is 8.43. The van der Waals surface area contributed by atoms with Crippen molar-refractivity contribution in [2.45, 2.75) is 19.2 Å². The molecule has 1 heterocycles. The minimum Gasteiger partial charge on any atom is -0.486 e. The Morgan fingerprint density at radius 1 is 1.10 bits per heavy atom. The molecular weight excluding hydrogens is 415 g/mol. The average molecular weight is 430 g/mol. The molecule has 1 aliphatic heterocycles. The molecule has 0 aromatic heterocycles. The second-order valence-electron chi connectivity index (χ2n) is 6.09. The Labute approximate surface area is 168 Å². The van der Waals surface area contributed by atoms with Gasteiger partial charge in [0.25, 0.3) is 5.91 Å². The maximum absolute atomic E-state index is 12.8. The number of carbonyl (C=O) groups is 2. The van der Waals surface area contributed by atoms with Crippen LogP contribution in [0.4, 0.5) is 18.9 Å². The van der Waals surface area contributed by atoms with Crippen molar-refractivity contribution in [1.29, 1.82) is 0 Å². The molecule has 1 amide bonds. The second-order valence-corrected chi connectivity index (χ2v) is 6.49. The van der Waals surface area contributed by atoms with E-state index in [9.17, 15) is 22.8 Å². The van der Waals surface area contributed by atoms with Crippen molar-refractivity contribution in [3.63, 3.8) is 0 Å². The summed E-state index contributed by atoms with van der Waals surface area (Å²) in [6.45, 7) is 2.01. The molecule has 0 saturated heterocycles. The number of esters is 1. The van der Waals surface area contributed by atoms with Crippen molar-refractivity contribution in [1.82, 2.24) is 0 Å². The third-order valence-corrected chi connectivity index (χ3v) is 4.31. The standard InChI is InChI=1S/C19H15ClF3NO5/c1-10(17(25)24-14-9-12(19(21,22)23)3-4-13(14)20)29-18(26)11-2-5-15-16(8-11)28-7-6-27-15/h2-5,8-10H,6-7H2,1H3,(H,24,25)/t10-/m0/s1. The zero-order valence-electron chi connectivity index (χ0n) is 15.0. The largest absolute Gasteiger partial charge is 0.486 e. The van der Waals surface area contributed by atoms with E-state index >= 15 is 0 Å². The first kappa shape index (κ1) is 20.8. The topological polar surface area (TPSA) is 73.9 Å². The Morgan fingerprint density at radius 3 is 2.48 bits per heavy atom. The Kier molecular flexibility index (Phi) is 5.88. The van der Waals surface area contributed by atoms with Crippen molar-refractivity contribution >= 4 is 29.2 Å². The summed E-state index contributed by atoms with van der Waals surface area (Å²) in [6.07, 6.45) is -5.89. The molecule has 0 aliphatic carbocycles. The molecule has 1 atom stereocenters. The third kappa shape index (κ3) is 4.92. The summed E-state index contributed by atoms with van der Waals surface area (Å²) >= 11 is 5.85. The fourth-order valence-corrected chi connectivity index (χ4v) is 2.65. The van der Waals surface area contributed by atoms with Gasteiger partial charge in [-0.1, -0.05) is 11.6 Å². The Hall–Kier alpha value is -2.94. The van der Waals surface area contributed by atoms with Crippen LogP contribution in [0.3, 0.4) is 0 Å². The highest BCUT2D eigenvalue weighted by Crippen LogP contribution is 2.34. The van der Waals surface area contributed by atoms with Gasteiger partial charge in [0.2, 0.25) is 0 Å². The predicted octanol–water partition coefficient (Wildman–Crippen LogP) is 4.31. The van der Waals surface area contributed by atoms with Crippen molar-refractivity contribution in [2.75, 3.05) is 18.5 Å². The molecule has 0 bridgehead atoms. The summed E-state index contributed by atoms with van der Waals surface area (Å²) in [4.78, 5) is 24.5. The highest BCUT2D eigenvalue weighted by molar-refractivity contribution is 6.33. The number of alkyl halides is 3. The SMILES string of the molecule is C[C@H](OC(=O)c1ccc2c(c1)OCCO2)C(=O)Nc1cc(C(F)(F)F)ccc1Cl. The van der Waals surface area contributed by atoms with E-state index in [0.717, 1.165) is 12.1 Å². The summed E-state index contributed by atoms with van der Waals surface area (Å²) in [5.41, 5.74) is -1.09. The van der Waals surface area contributed by atoms with Crippen LogP contribution in [-0.4, -0.2) is 31.2 Å². The highest BCUT2D eigenvalue weighted by atomic mass is 35.5. The highest BCUT2D eigenvalue weighted by Gasteiger charge is 2.31. The van der Waals surface area contributed by atoms with E-state index in [1.807, 2.05) is 0 Å². The van der Waals surface area contributed by atoms with Gasteiger partial charge in [0, 0.05) is 0 Å². The second kappa shape index (κ2) is 8.20. The molecule has 2 aromatic rings. The quantitative estimate of drug-likeness (QED) is 0.733. The number of carbonyl (C=O) groups excluding carboxylic acids is 2. The molecule has 1 N–H and O–H groups in total. The third-order valence-electron chi connectivity index (χ3n) is 3.98. The molecule has 0 saturated carbocycles. The van der Waals surface area contributed by atoms with Gasteiger partial charge in [-0.2, -0.15) is 13.2 Å². The maximum Gasteiger partial charge on any atom is 0.416 e. The zero-order chi connectivity index (χ0) is 21.2. The monoisotopic (exact) mass is 429 g/mol. The Morgan fingerprint density at radius 2 is 1.79 bits per heavy atom. The molecule has 3 rings (SSSR count). The molecule has 29 heavy (non-hydrogen) atoms. The van der Waals surface area contributed by atoms with Crippen molar-refractivity contribution in [3.05, 3.63) is 52.5 Å². The number of nitrogens with one attached hydrogen (secondary N) is 1. The molecule has 2 aromatic carbocycles. The normalized spacial score (nSPS) is 14.1. The van der Waals surface area contributed by atoms with Gasteiger partial charge >= 0.3 is 12.1 Å². The van der Waals surface area contributed by atoms with E-state index in [4.69, 9.17) is 25.8 Å². The van der Waals surface area contributed by atoms with Crippen LogP contribution in [0.5, 0.6) is 11.5 Å². The number of amides is 1. The fraction of sp³-hybridized carbons (Fsp3) is 0.263. The molecule has 1 aliphatic rings. The van der Waals surface area contributed by atoms with Crippen LogP contribution in [0.1, 0.15) is 22.8 Å². The van der Waals surface area contributed by atoms with Crippen molar-refractivity contribution in [3.8, 4) is 11.5 Å². The van der Waals surface area contributed by atoms with Crippen LogP contribution >= 0.6 is 11.6 Å². The first-order valence-corrected chi connectivity index (χ1v) is 8.81. The number of halogens is 4. The summed E-state index contributed by atoms with van der Waals surface area (Å²) in [7, 11) is 0. The smallest absolute Gasteiger partial charge is 0.416 e. The van der Waals surface area contributed by atoms with Gasteiger partial charge in [0.1, 0.15) is 13.2 Å². The Balaban J connectivity index is 1.67. The van der Waals surface area contributed by atoms with E-state index in [0.29, 0.717) is 30.8 Å². The Bertz CT molecular complexity index is 948. The zero-order valence-corrected chi connectivity index (χ0v) is 15.8. The predicted molar refractivity (Wildman–Crippen MR) is 97.4 cm³/mol. The number of benzene rings is 2. The van der Waals surface area contributed by atoms with Crippen molar-refractivity contribution < 1.29 is 37.0 Å². The molecule has 6 nitrogen and oxygen atoms in total. The van der Waals surface area contributed by atoms with Gasteiger partial charge in [0.15, 0.2) is 17.6 Å². The fourth-order valence-electron chi connectivity index (χ4n) is 2.48. The summed E-state index contributed by atoms with van der Waals surface area (Å²) < 4.78 is 54.3. The molecule has 0 fully saturated rings. The van der Waals surface area contributed by atoms with E-state index in [1.54, 1.807) is 0 Å². The number of hydrogen-bond acceptors (Lipinski definition) is 5. The minimum absolute atomic E-state index is 0.0864. The molecule has 0 spiro atoms. The van der Waals surface area contributed by atoms with E-state index in [1.165, 1.54) is 25.1 Å². The minimum atomic E-state index is -4.60. The van der Waals surface area contributed by atoms with E-state index in [2.05, 4.69) is 5.32 Å². The molecule has 0 radical (unpaired) electrons. The lowest BCUT2D eigenvalue weighted by Gasteiger charge is -2.19. The van der Waals surface area contributed by atoms with Gasteiger partial charge in [-0.3, -0.25) is 4.79 Å². The van der Waals surface area contributed by atoms with Crippen LogP contribution < -0.4 is 14.8 Å². The lowest BCUT2D eigenvalue weighted by atomic mass is 10.2. The average Bonchev–Trinajstić information content (AvgIpc) is 2.68.